The number of quaternary nitrogens is 1. The molecule has 142 valence electrons. The topological polar surface area (TPSA) is 36.8 Å². The van der Waals surface area contributed by atoms with Crippen LogP contribution in [0.2, 0.25) is 0 Å². The van der Waals surface area contributed by atoms with Crippen molar-refractivity contribution in [2.75, 3.05) is 6.54 Å². The van der Waals surface area contributed by atoms with Crippen LogP contribution in [0.5, 0.6) is 0 Å². The van der Waals surface area contributed by atoms with Crippen LogP contribution in [0.1, 0.15) is 98.3 Å². The molecule has 0 amide bonds. The Morgan fingerprint density at radius 3 is 1.91 bits per heavy atom. The number of unbranched alkanes of at least 4 members (excludes halogenated alkanes) is 8. The Morgan fingerprint density at radius 2 is 1.43 bits per heavy atom. The number of aliphatic hydroxyl groups excluding tert-OH is 1. The van der Waals surface area contributed by atoms with Gasteiger partial charge in [0.2, 0.25) is 0 Å². The fourth-order valence-corrected chi connectivity index (χ4v) is 3.47. The van der Waals surface area contributed by atoms with Crippen molar-refractivity contribution in [1.82, 2.24) is 0 Å². The summed E-state index contributed by atoms with van der Waals surface area (Å²) in [7, 11) is 0. The molecule has 23 heavy (non-hydrogen) atoms. The highest BCUT2D eigenvalue weighted by atomic mass is 35.5. The molecule has 0 spiro atoms. The lowest BCUT2D eigenvalue weighted by molar-refractivity contribution is -0.725. The van der Waals surface area contributed by atoms with Gasteiger partial charge >= 0.3 is 0 Å². The summed E-state index contributed by atoms with van der Waals surface area (Å²) < 4.78 is 0. The van der Waals surface area contributed by atoms with Gasteiger partial charge in [0.15, 0.2) is 0 Å². The van der Waals surface area contributed by atoms with Crippen molar-refractivity contribution in [3.8, 4) is 0 Å². The van der Waals surface area contributed by atoms with Crippen LogP contribution < -0.4 is 17.7 Å². The van der Waals surface area contributed by atoms with Crippen LogP contribution in [0.25, 0.3) is 0 Å². The average molecular weight is 370 g/mol. The van der Waals surface area contributed by atoms with E-state index < -0.39 is 0 Å². The minimum Gasteiger partial charge on any atom is -1.00 e. The Hall–Kier alpha value is 0.500. The highest BCUT2D eigenvalue weighted by Gasteiger charge is 2.25. The highest BCUT2D eigenvalue weighted by molar-refractivity contribution is 6.20. The van der Waals surface area contributed by atoms with Gasteiger partial charge in [-0.15, -0.1) is 11.6 Å². The van der Waals surface area contributed by atoms with Crippen molar-refractivity contribution < 1.29 is 22.8 Å². The molecule has 0 bridgehead atoms. The van der Waals surface area contributed by atoms with Crippen molar-refractivity contribution in [2.24, 2.45) is 0 Å². The Morgan fingerprint density at radius 1 is 0.957 bits per heavy atom. The zero-order chi connectivity index (χ0) is 16.8. The van der Waals surface area contributed by atoms with Crippen LogP contribution in [0.15, 0.2) is 0 Å². The van der Waals surface area contributed by atoms with E-state index in [4.69, 9.17) is 11.6 Å². The molecule has 0 rings (SSSR count). The van der Waals surface area contributed by atoms with Gasteiger partial charge in [0, 0.05) is 11.8 Å². The molecule has 0 aromatic carbocycles. The Kier molecular flexibility index (Phi) is 17.9. The van der Waals surface area contributed by atoms with Gasteiger partial charge in [0.05, 0.1) is 11.6 Å². The summed E-state index contributed by atoms with van der Waals surface area (Å²) in [5.41, 5.74) is 0.128. The zero-order valence-electron chi connectivity index (χ0n) is 15.9. The van der Waals surface area contributed by atoms with Crippen LogP contribution in [0.4, 0.5) is 0 Å². The van der Waals surface area contributed by atoms with Gasteiger partial charge in [-0.2, -0.15) is 0 Å². The third kappa shape index (κ3) is 18.7. The molecule has 0 aliphatic heterocycles. The van der Waals surface area contributed by atoms with E-state index in [9.17, 15) is 5.11 Å². The van der Waals surface area contributed by atoms with E-state index in [1.165, 1.54) is 57.8 Å². The Bertz CT molecular complexity index is 248. The maximum absolute atomic E-state index is 9.38. The number of aliphatic hydroxyl groups is 1. The fourth-order valence-electron chi connectivity index (χ4n) is 2.92. The number of nitrogens with two attached hydrogens (primary N) is 1. The second-order valence-corrected chi connectivity index (χ2v) is 8.31. The van der Waals surface area contributed by atoms with E-state index in [1.54, 1.807) is 0 Å². The summed E-state index contributed by atoms with van der Waals surface area (Å²) in [4.78, 5) is 0. The number of halogens is 2. The molecule has 3 N–H and O–H groups in total. The summed E-state index contributed by atoms with van der Waals surface area (Å²) in [5, 5.41) is 11.9. The standard InChI is InChI=1S/C19H40ClNO.ClH/c1-5-6-7-8-9-10-11-12-13-14-18(20)15-19(3,4)21-16-17(2)22;/h17-18,21-22H,5-16H2,1-4H3;1H. The lowest BCUT2D eigenvalue weighted by Crippen LogP contribution is -3.00. The molecule has 0 heterocycles. The van der Waals surface area contributed by atoms with Gasteiger partial charge in [0.25, 0.3) is 0 Å². The smallest absolute Gasteiger partial charge is 0.102 e. The minimum absolute atomic E-state index is 0. The largest absolute Gasteiger partial charge is 1.00 e. The van der Waals surface area contributed by atoms with E-state index in [2.05, 4.69) is 26.1 Å². The first kappa shape index (κ1) is 25.7. The first-order valence-corrected chi connectivity index (χ1v) is 9.97. The van der Waals surface area contributed by atoms with Gasteiger partial charge in [-0.05, 0) is 27.2 Å². The molecule has 0 aliphatic carbocycles. The van der Waals surface area contributed by atoms with Gasteiger partial charge in [-0.3, -0.25) is 0 Å². The molecule has 0 aromatic heterocycles. The first-order valence-electron chi connectivity index (χ1n) is 9.54. The molecule has 0 saturated carbocycles. The molecule has 0 aromatic rings. The normalized spacial score (nSPS) is 14.3. The SMILES string of the molecule is CCCCCCCCCCCC(Cl)CC(C)(C)[NH2+]CC(C)O.[Cl-]. The van der Waals surface area contributed by atoms with Gasteiger partial charge in [0.1, 0.15) is 6.54 Å². The molecule has 2 atom stereocenters. The second kappa shape index (κ2) is 16.0. The van der Waals surface area contributed by atoms with E-state index in [0.29, 0.717) is 0 Å². The van der Waals surface area contributed by atoms with E-state index in [-0.39, 0.29) is 29.4 Å². The van der Waals surface area contributed by atoms with E-state index in [0.717, 1.165) is 19.4 Å². The Labute approximate surface area is 156 Å². The van der Waals surface area contributed by atoms with Crippen LogP contribution in [-0.2, 0) is 0 Å². The van der Waals surface area contributed by atoms with Crippen LogP contribution >= 0.6 is 11.6 Å². The van der Waals surface area contributed by atoms with Crippen LogP contribution in [0, 0.1) is 0 Å². The van der Waals surface area contributed by atoms with Crippen LogP contribution in [-0.4, -0.2) is 28.7 Å². The van der Waals surface area contributed by atoms with Crippen molar-refractivity contribution in [3.05, 3.63) is 0 Å². The summed E-state index contributed by atoms with van der Waals surface area (Å²) in [6.07, 6.45) is 14.2. The van der Waals surface area contributed by atoms with Crippen molar-refractivity contribution in [2.45, 2.75) is 115 Å². The molecule has 0 saturated heterocycles. The fraction of sp³-hybridized carbons (Fsp3) is 1.00. The first-order chi connectivity index (χ1) is 10.4. The molecule has 0 fully saturated rings. The predicted molar refractivity (Wildman–Crippen MR) is 98.7 cm³/mol. The monoisotopic (exact) mass is 369 g/mol. The van der Waals surface area contributed by atoms with Crippen molar-refractivity contribution >= 4 is 11.6 Å². The summed E-state index contributed by atoms with van der Waals surface area (Å²) in [5.74, 6) is 0. The highest BCUT2D eigenvalue weighted by Crippen LogP contribution is 2.19. The molecule has 2 unspecified atom stereocenters. The maximum Gasteiger partial charge on any atom is 0.102 e. The maximum atomic E-state index is 9.38. The number of alkyl halides is 1. The number of rotatable bonds is 15. The Balaban J connectivity index is 0. The van der Waals surface area contributed by atoms with Crippen LogP contribution in [0.3, 0.4) is 0 Å². The zero-order valence-corrected chi connectivity index (χ0v) is 17.4. The second-order valence-electron chi connectivity index (χ2n) is 7.70. The molecule has 4 heteroatoms. The van der Waals surface area contributed by atoms with Gasteiger partial charge in [-0.1, -0.05) is 64.7 Å². The van der Waals surface area contributed by atoms with Gasteiger partial charge < -0.3 is 22.8 Å². The molecule has 2 nitrogen and oxygen atoms in total. The predicted octanol–water partition coefficient (Wildman–Crippen LogP) is 1.63. The average Bonchev–Trinajstić information content (AvgIpc) is 2.43. The lowest BCUT2D eigenvalue weighted by Gasteiger charge is -2.26. The summed E-state index contributed by atoms with van der Waals surface area (Å²) >= 11 is 6.50. The quantitative estimate of drug-likeness (QED) is 0.334. The number of hydrogen-bond acceptors (Lipinski definition) is 1. The van der Waals surface area contributed by atoms with Crippen molar-refractivity contribution in [3.63, 3.8) is 0 Å². The van der Waals surface area contributed by atoms with Crippen molar-refractivity contribution in [1.29, 1.82) is 0 Å². The lowest BCUT2D eigenvalue weighted by atomic mass is 9.95. The molecular formula is C19H41Cl2NO. The third-order valence-electron chi connectivity index (χ3n) is 4.38. The minimum atomic E-state index is -0.245. The number of hydrogen-bond donors (Lipinski definition) is 2. The van der Waals surface area contributed by atoms with E-state index >= 15 is 0 Å². The molecule has 0 aliphatic rings. The van der Waals surface area contributed by atoms with Gasteiger partial charge in [-0.25, -0.2) is 0 Å². The third-order valence-corrected chi connectivity index (χ3v) is 4.75. The molecule has 0 radical (unpaired) electrons. The molecular weight excluding hydrogens is 329 g/mol. The summed E-state index contributed by atoms with van der Waals surface area (Å²) in [6, 6.07) is 0. The summed E-state index contributed by atoms with van der Waals surface area (Å²) in [6.45, 7) is 9.32. The van der Waals surface area contributed by atoms with E-state index in [1.807, 2.05) is 6.92 Å².